The summed E-state index contributed by atoms with van der Waals surface area (Å²) in [5, 5.41) is 0. The maximum atomic E-state index is 13.2. The van der Waals surface area contributed by atoms with E-state index in [0.717, 1.165) is 37.1 Å². The summed E-state index contributed by atoms with van der Waals surface area (Å²) in [5.41, 5.74) is 2.12. The topological polar surface area (TPSA) is 49.9 Å². The molecule has 126 valence electrons. The van der Waals surface area contributed by atoms with E-state index in [2.05, 4.69) is 11.8 Å². The van der Waals surface area contributed by atoms with Gasteiger partial charge in [-0.15, -0.1) is 0 Å². The highest BCUT2D eigenvalue weighted by molar-refractivity contribution is 7.89. The van der Waals surface area contributed by atoms with Crippen molar-refractivity contribution in [2.24, 2.45) is 0 Å². The van der Waals surface area contributed by atoms with Gasteiger partial charge in [0.25, 0.3) is 0 Å². The van der Waals surface area contributed by atoms with E-state index in [1.165, 1.54) is 6.42 Å². The Morgan fingerprint density at radius 3 is 2.87 bits per heavy atom. The molecular formula is C17H24N2O3S. The van der Waals surface area contributed by atoms with E-state index in [4.69, 9.17) is 4.74 Å². The molecular weight excluding hydrogens is 312 g/mol. The van der Waals surface area contributed by atoms with Crippen LogP contribution in [-0.4, -0.2) is 49.3 Å². The molecule has 2 atom stereocenters. The zero-order valence-electron chi connectivity index (χ0n) is 13.6. The molecule has 1 aromatic carbocycles. The van der Waals surface area contributed by atoms with Crippen LogP contribution in [0.4, 0.5) is 0 Å². The van der Waals surface area contributed by atoms with E-state index in [-0.39, 0.29) is 6.04 Å². The highest BCUT2D eigenvalue weighted by Crippen LogP contribution is 2.31. The van der Waals surface area contributed by atoms with Crippen molar-refractivity contribution in [2.45, 2.75) is 56.4 Å². The minimum Gasteiger partial charge on any atom is -0.372 e. The Balaban J connectivity index is 1.66. The second-order valence-electron chi connectivity index (χ2n) is 6.85. The SMILES string of the molecule is CC[C@H]1CN2CCC[C@H]2CN1S(=O)(=O)c1ccc2c(c1)COC2. The van der Waals surface area contributed by atoms with E-state index < -0.39 is 10.0 Å². The van der Waals surface area contributed by atoms with Crippen LogP contribution in [0.5, 0.6) is 0 Å². The van der Waals surface area contributed by atoms with Gasteiger partial charge in [-0.2, -0.15) is 4.31 Å². The molecule has 3 heterocycles. The average Bonchev–Trinajstić information content (AvgIpc) is 3.20. The molecule has 0 N–H and O–H groups in total. The van der Waals surface area contributed by atoms with Crippen LogP contribution >= 0.6 is 0 Å². The van der Waals surface area contributed by atoms with E-state index >= 15 is 0 Å². The molecule has 0 amide bonds. The van der Waals surface area contributed by atoms with Crippen molar-refractivity contribution in [3.05, 3.63) is 29.3 Å². The lowest BCUT2D eigenvalue weighted by Crippen LogP contribution is -2.57. The number of hydrogen-bond donors (Lipinski definition) is 0. The monoisotopic (exact) mass is 336 g/mol. The van der Waals surface area contributed by atoms with Gasteiger partial charge >= 0.3 is 0 Å². The van der Waals surface area contributed by atoms with Crippen LogP contribution in [0.3, 0.4) is 0 Å². The molecule has 2 fully saturated rings. The summed E-state index contributed by atoms with van der Waals surface area (Å²) in [6.45, 7) is 5.81. The van der Waals surface area contributed by atoms with Gasteiger partial charge in [0.05, 0.1) is 18.1 Å². The minimum atomic E-state index is -3.43. The summed E-state index contributed by atoms with van der Waals surface area (Å²) in [7, 11) is -3.43. The Hall–Kier alpha value is -0.950. The summed E-state index contributed by atoms with van der Waals surface area (Å²) in [4.78, 5) is 2.89. The van der Waals surface area contributed by atoms with Gasteiger partial charge in [0.1, 0.15) is 0 Å². The zero-order chi connectivity index (χ0) is 16.0. The highest BCUT2D eigenvalue weighted by Gasteiger charge is 2.41. The van der Waals surface area contributed by atoms with Gasteiger partial charge in [-0.3, -0.25) is 4.90 Å². The molecule has 0 bridgehead atoms. The largest absolute Gasteiger partial charge is 0.372 e. The Bertz CT molecular complexity index is 704. The quantitative estimate of drug-likeness (QED) is 0.847. The second-order valence-corrected chi connectivity index (χ2v) is 8.74. The highest BCUT2D eigenvalue weighted by atomic mass is 32.2. The van der Waals surface area contributed by atoms with Crippen molar-refractivity contribution in [1.29, 1.82) is 0 Å². The lowest BCUT2D eigenvalue weighted by molar-refractivity contribution is 0.106. The zero-order valence-corrected chi connectivity index (χ0v) is 14.4. The van der Waals surface area contributed by atoms with Crippen molar-refractivity contribution < 1.29 is 13.2 Å². The second kappa shape index (κ2) is 5.84. The maximum Gasteiger partial charge on any atom is 0.243 e. The Labute approximate surface area is 138 Å². The summed E-state index contributed by atoms with van der Waals surface area (Å²) >= 11 is 0. The van der Waals surface area contributed by atoms with Crippen LogP contribution in [0, 0.1) is 0 Å². The predicted molar refractivity (Wildman–Crippen MR) is 87.5 cm³/mol. The molecule has 0 aliphatic carbocycles. The first-order chi connectivity index (χ1) is 11.1. The molecule has 2 saturated heterocycles. The molecule has 3 aliphatic heterocycles. The van der Waals surface area contributed by atoms with Gasteiger partial charge < -0.3 is 4.74 Å². The maximum absolute atomic E-state index is 13.2. The molecule has 5 nitrogen and oxygen atoms in total. The standard InChI is InChI=1S/C17H24N2O3S/c1-2-15-9-18-7-3-4-16(18)10-19(15)23(20,21)17-6-5-13-11-22-12-14(13)8-17/h5-6,8,15-16H,2-4,7,9-12H2,1H3/t15-,16-/m0/s1. The van der Waals surface area contributed by atoms with Gasteiger partial charge in [-0.05, 0) is 49.1 Å². The molecule has 0 aromatic heterocycles. The molecule has 3 aliphatic rings. The Morgan fingerprint density at radius 2 is 2.04 bits per heavy atom. The van der Waals surface area contributed by atoms with E-state index in [1.54, 1.807) is 10.4 Å². The number of rotatable bonds is 3. The lowest BCUT2D eigenvalue weighted by atomic mass is 10.1. The van der Waals surface area contributed by atoms with Crippen LogP contribution in [-0.2, 0) is 28.0 Å². The minimum absolute atomic E-state index is 0.0823. The third-order valence-electron chi connectivity index (χ3n) is 5.51. The molecule has 0 unspecified atom stereocenters. The van der Waals surface area contributed by atoms with Crippen LogP contribution in [0.25, 0.3) is 0 Å². The van der Waals surface area contributed by atoms with Gasteiger partial charge in [0.2, 0.25) is 10.0 Å². The molecule has 4 rings (SSSR count). The first-order valence-corrected chi connectivity index (χ1v) is 9.99. The third-order valence-corrected chi connectivity index (χ3v) is 7.43. The number of sulfonamides is 1. The summed E-state index contributed by atoms with van der Waals surface area (Å²) in [5.74, 6) is 0. The molecule has 0 spiro atoms. The molecule has 6 heteroatoms. The summed E-state index contributed by atoms with van der Waals surface area (Å²) in [6.07, 6.45) is 3.15. The van der Waals surface area contributed by atoms with Crippen LogP contribution < -0.4 is 0 Å². The Kier molecular flexibility index (Phi) is 3.96. The fourth-order valence-electron chi connectivity index (χ4n) is 4.13. The van der Waals surface area contributed by atoms with E-state index in [9.17, 15) is 8.42 Å². The number of benzene rings is 1. The van der Waals surface area contributed by atoms with Crippen molar-refractivity contribution in [3.63, 3.8) is 0 Å². The van der Waals surface area contributed by atoms with E-state index in [0.29, 0.717) is 30.7 Å². The average molecular weight is 336 g/mol. The van der Waals surface area contributed by atoms with Crippen molar-refractivity contribution in [3.8, 4) is 0 Å². The first kappa shape index (κ1) is 15.6. The molecule has 23 heavy (non-hydrogen) atoms. The van der Waals surface area contributed by atoms with Crippen LogP contribution in [0.15, 0.2) is 23.1 Å². The summed E-state index contributed by atoms with van der Waals surface area (Å²) in [6, 6.07) is 5.94. The van der Waals surface area contributed by atoms with Gasteiger partial charge in [-0.25, -0.2) is 8.42 Å². The van der Waals surface area contributed by atoms with Crippen molar-refractivity contribution >= 4 is 10.0 Å². The first-order valence-electron chi connectivity index (χ1n) is 8.55. The van der Waals surface area contributed by atoms with Gasteiger partial charge in [0, 0.05) is 25.2 Å². The number of fused-ring (bicyclic) bond motifs is 2. The lowest BCUT2D eigenvalue weighted by Gasteiger charge is -2.42. The fourth-order valence-corrected chi connectivity index (χ4v) is 5.91. The molecule has 0 radical (unpaired) electrons. The number of nitrogens with zero attached hydrogens (tertiary/aromatic N) is 2. The van der Waals surface area contributed by atoms with Gasteiger partial charge in [0.15, 0.2) is 0 Å². The van der Waals surface area contributed by atoms with Gasteiger partial charge in [-0.1, -0.05) is 13.0 Å². The normalized spacial score (nSPS) is 28.7. The number of ether oxygens (including phenoxy) is 1. The van der Waals surface area contributed by atoms with E-state index in [1.807, 2.05) is 12.1 Å². The fraction of sp³-hybridized carbons (Fsp3) is 0.647. The Morgan fingerprint density at radius 1 is 1.22 bits per heavy atom. The number of hydrogen-bond acceptors (Lipinski definition) is 4. The van der Waals surface area contributed by atoms with Crippen molar-refractivity contribution in [2.75, 3.05) is 19.6 Å². The predicted octanol–water partition coefficient (Wildman–Crippen LogP) is 1.96. The van der Waals surface area contributed by atoms with Crippen LogP contribution in [0.2, 0.25) is 0 Å². The third kappa shape index (κ3) is 2.61. The molecule has 1 aromatic rings. The molecule has 0 saturated carbocycles. The van der Waals surface area contributed by atoms with Crippen molar-refractivity contribution in [1.82, 2.24) is 9.21 Å². The number of piperazine rings is 1. The summed E-state index contributed by atoms with van der Waals surface area (Å²) < 4.78 is 33.6. The smallest absolute Gasteiger partial charge is 0.243 e. The van der Waals surface area contributed by atoms with Crippen LogP contribution in [0.1, 0.15) is 37.3 Å².